The Morgan fingerprint density at radius 2 is 2.12 bits per heavy atom. The molecule has 4 atom stereocenters. The number of phenols is 1. The first kappa shape index (κ1) is 15.5. The average Bonchev–Trinajstić information content (AvgIpc) is 2.93. The fourth-order valence-electron chi connectivity index (χ4n) is 6.77. The van der Waals surface area contributed by atoms with Gasteiger partial charge in [0.2, 0.25) is 0 Å². The van der Waals surface area contributed by atoms with Crippen LogP contribution in [0.25, 0.3) is 0 Å². The van der Waals surface area contributed by atoms with Crippen LogP contribution >= 0.6 is 0 Å². The molecule has 1 aromatic rings. The van der Waals surface area contributed by atoms with Gasteiger partial charge in [0, 0.05) is 18.2 Å². The molecule has 2 aliphatic heterocycles. The molecular formula is C22H27NO3. The number of piperidine rings is 1. The Labute approximate surface area is 154 Å². The van der Waals surface area contributed by atoms with Crippen molar-refractivity contribution in [1.29, 1.82) is 0 Å². The van der Waals surface area contributed by atoms with E-state index in [-0.39, 0.29) is 17.9 Å². The lowest BCUT2D eigenvalue weighted by Gasteiger charge is -2.63. The fourth-order valence-corrected chi connectivity index (χ4v) is 6.77. The second-order valence-corrected chi connectivity index (χ2v) is 9.26. The number of aromatic hydroxyl groups is 1. The van der Waals surface area contributed by atoms with Crippen LogP contribution in [0.15, 0.2) is 24.3 Å². The van der Waals surface area contributed by atoms with Crippen molar-refractivity contribution in [3.63, 3.8) is 0 Å². The second-order valence-electron chi connectivity index (χ2n) is 9.26. The molecule has 4 unspecified atom stereocenters. The van der Waals surface area contributed by atoms with Crippen LogP contribution in [0.4, 0.5) is 0 Å². The van der Waals surface area contributed by atoms with Gasteiger partial charge in [0.1, 0.15) is 6.10 Å². The van der Waals surface area contributed by atoms with Gasteiger partial charge < -0.3 is 14.9 Å². The molecule has 0 aromatic heterocycles. The number of ether oxygens (including phenoxy) is 1. The van der Waals surface area contributed by atoms with Crippen molar-refractivity contribution in [3.05, 3.63) is 35.4 Å². The Balaban J connectivity index is 1.53. The number of rotatable bonds is 2. The Morgan fingerprint density at radius 1 is 1.27 bits per heavy atom. The van der Waals surface area contributed by atoms with Gasteiger partial charge in [0.05, 0.1) is 11.0 Å². The zero-order chi connectivity index (χ0) is 17.7. The highest BCUT2D eigenvalue weighted by atomic mass is 16.5. The van der Waals surface area contributed by atoms with Gasteiger partial charge in [-0.2, -0.15) is 0 Å². The standard InChI is InChI=1S/C22H27NO3/c1-13-7-8-22(25)17-11-15-5-6-16(24)19-18(15)21(22,20(13)26-19)9-10-23(17)12-14-3-2-4-14/h5-6,14,17,20,24-25H,1-4,7-12H2. The number of likely N-dealkylation sites (tertiary alicyclic amines) is 1. The summed E-state index contributed by atoms with van der Waals surface area (Å²) in [5, 5.41) is 22.6. The highest BCUT2D eigenvalue weighted by Crippen LogP contribution is 2.66. The third-order valence-corrected chi connectivity index (χ3v) is 8.24. The molecule has 2 bridgehead atoms. The topological polar surface area (TPSA) is 52.9 Å². The molecule has 2 saturated carbocycles. The smallest absolute Gasteiger partial charge is 0.166 e. The molecule has 6 rings (SSSR count). The Hall–Kier alpha value is -1.52. The van der Waals surface area contributed by atoms with Gasteiger partial charge in [0.25, 0.3) is 0 Å². The van der Waals surface area contributed by atoms with Crippen molar-refractivity contribution in [2.75, 3.05) is 13.1 Å². The van der Waals surface area contributed by atoms with Crippen molar-refractivity contribution in [3.8, 4) is 11.5 Å². The maximum Gasteiger partial charge on any atom is 0.166 e. The van der Waals surface area contributed by atoms with Gasteiger partial charge in [-0.15, -0.1) is 0 Å². The van der Waals surface area contributed by atoms with E-state index in [1.165, 1.54) is 24.8 Å². The maximum atomic E-state index is 12.2. The summed E-state index contributed by atoms with van der Waals surface area (Å²) in [6.07, 6.45) is 7.15. The summed E-state index contributed by atoms with van der Waals surface area (Å²) in [5.41, 5.74) is 2.20. The van der Waals surface area contributed by atoms with E-state index in [0.29, 0.717) is 5.75 Å². The SMILES string of the molecule is C=C1CCC2(O)C3Cc4ccc(O)c5c4C2(CCN3CC2CCC2)C1O5. The molecule has 4 heteroatoms. The zero-order valence-electron chi connectivity index (χ0n) is 15.2. The van der Waals surface area contributed by atoms with E-state index in [4.69, 9.17) is 4.74 Å². The van der Waals surface area contributed by atoms with Crippen LogP contribution in [0.2, 0.25) is 0 Å². The number of hydrogen-bond donors (Lipinski definition) is 2. The summed E-state index contributed by atoms with van der Waals surface area (Å²) in [5.74, 6) is 1.62. The molecule has 5 aliphatic rings. The third kappa shape index (κ3) is 1.60. The van der Waals surface area contributed by atoms with Crippen LogP contribution in [0, 0.1) is 5.92 Å². The molecule has 4 nitrogen and oxygen atoms in total. The van der Waals surface area contributed by atoms with E-state index < -0.39 is 11.0 Å². The molecule has 3 aliphatic carbocycles. The molecule has 1 aromatic carbocycles. The first-order valence-electron chi connectivity index (χ1n) is 10.2. The minimum absolute atomic E-state index is 0.152. The normalized spacial score (nSPS) is 40.7. The van der Waals surface area contributed by atoms with Crippen LogP contribution in [0.5, 0.6) is 11.5 Å². The Bertz CT molecular complexity index is 816. The summed E-state index contributed by atoms with van der Waals surface area (Å²) in [4.78, 5) is 2.58. The van der Waals surface area contributed by atoms with Crippen molar-refractivity contribution >= 4 is 0 Å². The molecule has 1 spiro atoms. The predicted molar refractivity (Wildman–Crippen MR) is 98.5 cm³/mol. The molecule has 26 heavy (non-hydrogen) atoms. The van der Waals surface area contributed by atoms with Gasteiger partial charge in [-0.05, 0) is 68.2 Å². The summed E-state index contributed by atoms with van der Waals surface area (Å²) in [6, 6.07) is 3.97. The van der Waals surface area contributed by atoms with Crippen LogP contribution in [0.3, 0.4) is 0 Å². The fraction of sp³-hybridized carbons (Fsp3) is 0.636. The molecule has 2 N–H and O–H groups in total. The first-order chi connectivity index (χ1) is 12.5. The molecule has 0 amide bonds. The van der Waals surface area contributed by atoms with Crippen molar-refractivity contribution in [1.82, 2.24) is 4.90 Å². The number of benzene rings is 1. The number of aliphatic hydroxyl groups is 1. The molecular weight excluding hydrogens is 326 g/mol. The lowest BCUT2D eigenvalue weighted by molar-refractivity contribution is -0.177. The second kappa shape index (κ2) is 4.85. The lowest BCUT2D eigenvalue weighted by atomic mass is 9.48. The van der Waals surface area contributed by atoms with E-state index in [0.717, 1.165) is 55.8 Å². The Kier molecular flexibility index (Phi) is 2.89. The minimum Gasteiger partial charge on any atom is -0.504 e. The van der Waals surface area contributed by atoms with E-state index in [9.17, 15) is 10.2 Å². The number of hydrogen-bond acceptors (Lipinski definition) is 4. The van der Waals surface area contributed by atoms with Gasteiger partial charge in [-0.1, -0.05) is 19.1 Å². The summed E-state index contributed by atoms with van der Waals surface area (Å²) >= 11 is 0. The highest BCUT2D eigenvalue weighted by Gasteiger charge is 2.71. The highest BCUT2D eigenvalue weighted by molar-refractivity contribution is 5.63. The maximum absolute atomic E-state index is 12.2. The third-order valence-electron chi connectivity index (χ3n) is 8.24. The monoisotopic (exact) mass is 353 g/mol. The van der Waals surface area contributed by atoms with Crippen LogP contribution in [0.1, 0.15) is 49.7 Å². The van der Waals surface area contributed by atoms with Gasteiger partial charge in [-0.3, -0.25) is 4.90 Å². The largest absolute Gasteiger partial charge is 0.504 e. The summed E-state index contributed by atoms with van der Waals surface area (Å²) in [6.45, 7) is 6.42. The lowest BCUT2D eigenvalue weighted by Crippen LogP contribution is -2.75. The molecule has 1 saturated heterocycles. The van der Waals surface area contributed by atoms with E-state index in [2.05, 4.69) is 17.5 Å². The van der Waals surface area contributed by atoms with Crippen molar-refractivity contribution in [2.24, 2.45) is 5.92 Å². The molecule has 3 fully saturated rings. The van der Waals surface area contributed by atoms with Crippen LogP contribution in [-0.2, 0) is 11.8 Å². The molecule has 0 radical (unpaired) electrons. The zero-order valence-corrected chi connectivity index (χ0v) is 15.2. The van der Waals surface area contributed by atoms with E-state index in [1.807, 2.05) is 0 Å². The number of nitrogens with zero attached hydrogens (tertiary/aromatic N) is 1. The Morgan fingerprint density at radius 3 is 2.88 bits per heavy atom. The van der Waals surface area contributed by atoms with Crippen molar-refractivity contribution < 1.29 is 14.9 Å². The van der Waals surface area contributed by atoms with Gasteiger partial charge >= 0.3 is 0 Å². The van der Waals surface area contributed by atoms with Gasteiger partial charge in [0.15, 0.2) is 11.5 Å². The quantitative estimate of drug-likeness (QED) is 0.803. The first-order valence-corrected chi connectivity index (χ1v) is 10.2. The van der Waals surface area contributed by atoms with Crippen LogP contribution in [-0.4, -0.2) is 45.9 Å². The van der Waals surface area contributed by atoms with Gasteiger partial charge in [-0.25, -0.2) is 0 Å². The minimum atomic E-state index is -0.785. The van der Waals surface area contributed by atoms with Crippen molar-refractivity contribution in [2.45, 2.75) is 68.1 Å². The predicted octanol–water partition coefficient (Wildman–Crippen LogP) is 2.90. The number of phenolic OH excluding ortho intramolecular Hbond substituents is 1. The summed E-state index contributed by atoms with van der Waals surface area (Å²) < 4.78 is 6.31. The molecule has 138 valence electrons. The summed E-state index contributed by atoms with van der Waals surface area (Å²) in [7, 11) is 0. The van der Waals surface area contributed by atoms with E-state index >= 15 is 0 Å². The van der Waals surface area contributed by atoms with Crippen LogP contribution < -0.4 is 4.74 Å². The average molecular weight is 353 g/mol. The molecule has 2 heterocycles. The van der Waals surface area contributed by atoms with E-state index in [1.54, 1.807) is 6.07 Å².